The predicted molar refractivity (Wildman–Crippen MR) is 102 cm³/mol. The van der Waals surface area contributed by atoms with Crippen molar-refractivity contribution in [2.45, 2.75) is 83.5 Å². The molecule has 2 radical (unpaired) electrons. The summed E-state index contributed by atoms with van der Waals surface area (Å²) in [5.74, 6) is -0.149. The number of ketones is 1. The summed E-state index contributed by atoms with van der Waals surface area (Å²) in [6.07, 6.45) is 0.276. The second-order valence-corrected chi connectivity index (χ2v) is 10.8. The van der Waals surface area contributed by atoms with Crippen LogP contribution >= 0.6 is 0 Å². The Morgan fingerprint density at radius 3 is 2.15 bits per heavy atom. The van der Waals surface area contributed by atoms with Gasteiger partial charge in [0.15, 0.2) is 5.78 Å². The molecule has 0 heterocycles. The highest BCUT2D eigenvalue weighted by molar-refractivity contribution is 6.31. The van der Waals surface area contributed by atoms with Crippen LogP contribution in [0.3, 0.4) is 0 Å². The number of Topliss-reactive ketones (excluding diaryl/α,β-unsaturated/α-hetero) is 1. The van der Waals surface area contributed by atoms with Crippen molar-refractivity contribution in [1.82, 2.24) is 0 Å². The van der Waals surface area contributed by atoms with Crippen LogP contribution in [-0.2, 0) is 16.2 Å². The first-order valence-corrected chi connectivity index (χ1v) is 10.4. The van der Waals surface area contributed by atoms with Crippen molar-refractivity contribution in [3.8, 4) is 0 Å². The largest absolute Gasteiger partial charge is 0.416 e. The summed E-state index contributed by atoms with van der Waals surface area (Å²) in [4.78, 5) is 13.1. The monoisotopic (exact) mass is 398 g/mol. The van der Waals surface area contributed by atoms with Crippen molar-refractivity contribution in [3.05, 3.63) is 34.9 Å². The third kappa shape index (κ3) is 5.91. The van der Waals surface area contributed by atoms with E-state index in [4.69, 9.17) is 4.43 Å². The van der Waals surface area contributed by atoms with E-state index in [2.05, 4.69) is 0 Å². The van der Waals surface area contributed by atoms with Gasteiger partial charge in [0, 0.05) is 11.5 Å². The lowest BCUT2D eigenvalue weighted by Crippen LogP contribution is -2.31. The molecule has 1 aromatic rings. The van der Waals surface area contributed by atoms with Crippen LogP contribution in [0.4, 0.5) is 13.2 Å². The van der Waals surface area contributed by atoms with Gasteiger partial charge in [-0.3, -0.25) is 4.79 Å². The second-order valence-electron chi connectivity index (χ2n) is 8.92. The van der Waals surface area contributed by atoms with Gasteiger partial charge >= 0.3 is 6.18 Å². The summed E-state index contributed by atoms with van der Waals surface area (Å²) in [5, 5.41) is -0.105. The quantitative estimate of drug-likeness (QED) is 0.415. The Morgan fingerprint density at radius 1 is 1.04 bits per heavy atom. The average Bonchev–Trinajstić information content (AvgIpc) is 2.58. The average molecular weight is 399 g/mol. The molecule has 1 saturated carbocycles. The molecule has 1 aliphatic rings. The topological polar surface area (TPSA) is 26.3 Å². The molecule has 0 saturated heterocycles. The van der Waals surface area contributed by atoms with E-state index in [0.29, 0.717) is 11.1 Å². The third-order valence-electron chi connectivity index (χ3n) is 4.85. The number of benzene rings is 1. The number of hydrogen-bond donors (Lipinski definition) is 0. The molecule has 1 aromatic carbocycles. The first kappa shape index (κ1) is 22.1. The molecule has 0 spiro atoms. The van der Waals surface area contributed by atoms with E-state index in [1.807, 2.05) is 20.8 Å². The summed E-state index contributed by atoms with van der Waals surface area (Å²) in [6, 6.07) is 3.46. The lowest BCUT2D eigenvalue weighted by Gasteiger charge is -2.32. The van der Waals surface area contributed by atoms with Crippen molar-refractivity contribution >= 4 is 15.5 Å². The zero-order valence-corrected chi connectivity index (χ0v) is 17.8. The maximum absolute atomic E-state index is 13.3. The van der Waals surface area contributed by atoms with E-state index in [0.717, 1.165) is 44.2 Å². The van der Waals surface area contributed by atoms with Crippen molar-refractivity contribution in [3.63, 3.8) is 0 Å². The molecule has 150 valence electrons. The maximum Gasteiger partial charge on any atom is 0.416 e. The minimum absolute atomic E-state index is 0.0470. The fourth-order valence-corrected chi connectivity index (χ4v) is 4.03. The van der Waals surface area contributed by atoms with Gasteiger partial charge < -0.3 is 4.43 Å². The SMILES string of the molecule is CC(C)(C)[Si]OC(C)(C)c1cc(C(F)(F)F)ccc1C(=O)C1CCCCC1. The minimum Gasteiger partial charge on any atom is -0.408 e. The third-order valence-corrected chi connectivity index (χ3v) is 6.07. The van der Waals surface area contributed by atoms with Gasteiger partial charge in [-0.25, -0.2) is 0 Å². The van der Waals surface area contributed by atoms with Gasteiger partial charge in [-0.2, -0.15) is 13.2 Å². The van der Waals surface area contributed by atoms with Crippen molar-refractivity contribution < 1.29 is 22.4 Å². The van der Waals surface area contributed by atoms with Gasteiger partial charge in [0.1, 0.15) is 0 Å². The number of carbonyl (C=O) groups excluding carboxylic acids is 1. The number of rotatable bonds is 5. The molecule has 27 heavy (non-hydrogen) atoms. The molecule has 1 aliphatic carbocycles. The first-order chi connectivity index (χ1) is 12.3. The molecular weight excluding hydrogens is 369 g/mol. The van der Waals surface area contributed by atoms with Crippen LogP contribution in [0, 0.1) is 5.92 Å². The normalized spacial score (nSPS) is 17.2. The Balaban J connectivity index is 2.45. The van der Waals surface area contributed by atoms with E-state index in [1.165, 1.54) is 6.07 Å². The maximum atomic E-state index is 13.3. The molecular formula is C21H29F3O2Si. The number of halogens is 3. The second kappa shape index (κ2) is 8.07. The molecule has 0 aromatic heterocycles. The first-order valence-electron chi connectivity index (χ1n) is 9.52. The summed E-state index contributed by atoms with van der Waals surface area (Å²) in [6.45, 7) is 9.54. The fourth-order valence-electron chi connectivity index (χ4n) is 3.35. The molecule has 0 aliphatic heterocycles. The van der Waals surface area contributed by atoms with Crippen LogP contribution in [0.5, 0.6) is 0 Å². The van der Waals surface area contributed by atoms with Crippen LogP contribution in [0.25, 0.3) is 0 Å². The van der Waals surface area contributed by atoms with E-state index < -0.39 is 17.3 Å². The van der Waals surface area contributed by atoms with Crippen LogP contribution in [-0.4, -0.2) is 15.5 Å². The number of carbonyl (C=O) groups is 1. The summed E-state index contributed by atoms with van der Waals surface area (Å²) >= 11 is 0. The summed E-state index contributed by atoms with van der Waals surface area (Å²) in [7, 11) is 0.106. The molecule has 0 unspecified atom stereocenters. The van der Waals surface area contributed by atoms with Gasteiger partial charge in [-0.1, -0.05) is 46.1 Å². The Labute approximate surface area is 162 Å². The predicted octanol–water partition coefficient (Wildman–Crippen LogP) is 6.56. The highest BCUT2D eigenvalue weighted by Gasteiger charge is 2.36. The smallest absolute Gasteiger partial charge is 0.408 e. The van der Waals surface area contributed by atoms with Gasteiger partial charge in [0.05, 0.1) is 11.2 Å². The fraction of sp³-hybridized carbons (Fsp3) is 0.667. The van der Waals surface area contributed by atoms with E-state index in [-0.39, 0.29) is 26.5 Å². The Hall–Kier alpha value is -1.14. The van der Waals surface area contributed by atoms with Crippen LogP contribution in [0.2, 0.25) is 5.04 Å². The summed E-state index contributed by atoms with van der Waals surface area (Å²) in [5.41, 5.74) is -1.01. The molecule has 0 atom stereocenters. The standard InChI is InChI=1S/C21H29F3O2Si/c1-19(2,3)27-26-20(4,5)17-13-15(21(22,23)24)11-12-16(17)18(25)14-9-7-6-8-10-14/h11-14H,6-10H2,1-5H3. The molecule has 0 N–H and O–H groups in total. The molecule has 2 nitrogen and oxygen atoms in total. The van der Waals surface area contributed by atoms with Crippen molar-refractivity contribution in [2.24, 2.45) is 5.92 Å². The van der Waals surface area contributed by atoms with Crippen LogP contribution in [0.1, 0.15) is 88.2 Å². The number of hydrogen-bond acceptors (Lipinski definition) is 2. The zero-order chi connectivity index (χ0) is 20.5. The van der Waals surface area contributed by atoms with E-state index >= 15 is 0 Å². The number of alkyl halides is 3. The Morgan fingerprint density at radius 2 is 1.63 bits per heavy atom. The van der Waals surface area contributed by atoms with E-state index in [1.54, 1.807) is 13.8 Å². The lowest BCUT2D eigenvalue weighted by molar-refractivity contribution is -0.137. The molecule has 0 bridgehead atoms. The van der Waals surface area contributed by atoms with Crippen LogP contribution in [0.15, 0.2) is 18.2 Å². The van der Waals surface area contributed by atoms with Crippen molar-refractivity contribution in [2.75, 3.05) is 0 Å². The molecule has 2 rings (SSSR count). The molecule has 1 fully saturated rings. The van der Waals surface area contributed by atoms with Crippen molar-refractivity contribution in [1.29, 1.82) is 0 Å². The Kier molecular flexibility index (Phi) is 6.62. The minimum atomic E-state index is -4.45. The highest BCUT2D eigenvalue weighted by atomic mass is 28.2. The van der Waals surface area contributed by atoms with Gasteiger partial charge in [0.25, 0.3) is 0 Å². The summed E-state index contributed by atoms with van der Waals surface area (Å²) < 4.78 is 45.9. The van der Waals surface area contributed by atoms with Gasteiger partial charge in [0.2, 0.25) is 9.76 Å². The molecule has 0 amide bonds. The van der Waals surface area contributed by atoms with E-state index in [9.17, 15) is 18.0 Å². The Bertz CT molecular complexity index is 669. The molecule has 6 heteroatoms. The van der Waals surface area contributed by atoms with Gasteiger partial charge in [-0.05, 0) is 49.4 Å². The lowest BCUT2D eigenvalue weighted by atomic mass is 9.80. The highest BCUT2D eigenvalue weighted by Crippen LogP contribution is 2.38. The van der Waals surface area contributed by atoms with Crippen LogP contribution < -0.4 is 0 Å². The zero-order valence-electron chi connectivity index (χ0n) is 16.8. The van der Waals surface area contributed by atoms with Gasteiger partial charge in [-0.15, -0.1) is 0 Å².